The van der Waals surface area contributed by atoms with Gasteiger partial charge in [-0.15, -0.1) is 0 Å². The largest absolute Gasteiger partial charge is 0.369 e. The Balaban J connectivity index is 1.55. The van der Waals surface area contributed by atoms with Crippen molar-refractivity contribution in [1.29, 1.82) is 0 Å². The SMILES string of the molecule is Cc1ccnc(Nc2cc(NCCNS(=O)(=O)N3CCCC3)nc(C)n2)c1. The molecule has 27 heavy (non-hydrogen) atoms. The van der Waals surface area contributed by atoms with Crippen LogP contribution in [0.4, 0.5) is 17.5 Å². The molecule has 0 aromatic carbocycles. The third kappa shape index (κ3) is 5.59. The summed E-state index contributed by atoms with van der Waals surface area (Å²) in [5.74, 6) is 2.56. The first-order chi connectivity index (χ1) is 12.9. The summed E-state index contributed by atoms with van der Waals surface area (Å²) in [5.41, 5.74) is 1.10. The van der Waals surface area contributed by atoms with Gasteiger partial charge in [0.1, 0.15) is 23.3 Å². The number of nitrogens with zero attached hydrogens (tertiary/aromatic N) is 4. The van der Waals surface area contributed by atoms with Gasteiger partial charge in [-0.3, -0.25) is 0 Å². The number of hydrogen-bond donors (Lipinski definition) is 3. The second-order valence-corrected chi connectivity index (χ2v) is 8.22. The molecule has 2 aromatic heterocycles. The molecule has 146 valence electrons. The van der Waals surface area contributed by atoms with E-state index in [4.69, 9.17) is 0 Å². The van der Waals surface area contributed by atoms with Crippen LogP contribution in [0.25, 0.3) is 0 Å². The molecule has 3 rings (SSSR count). The fourth-order valence-corrected chi connectivity index (χ4v) is 4.13. The van der Waals surface area contributed by atoms with Crippen LogP contribution in [0.5, 0.6) is 0 Å². The van der Waals surface area contributed by atoms with E-state index in [2.05, 4.69) is 30.3 Å². The number of aromatic nitrogens is 3. The number of nitrogens with one attached hydrogen (secondary N) is 3. The molecule has 9 nitrogen and oxygen atoms in total. The smallest absolute Gasteiger partial charge is 0.279 e. The van der Waals surface area contributed by atoms with Gasteiger partial charge in [0.2, 0.25) is 0 Å². The summed E-state index contributed by atoms with van der Waals surface area (Å²) in [6.45, 7) is 5.69. The van der Waals surface area contributed by atoms with E-state index in [0.717, 1.165) is 18.4 Å². The van der Waals surface area contributed by atoms with E-state index in [1.807, 2.05) is 19.1 Å². The standard InChI is InChI=1S/C17H25N7O2S/c1-13-5-6-18-15(11-13)23-17-12-16(21-14(2)22-17)19-7-8-20-27(25,26)24-9-3-4-10-24/h5-6,11-12,20H,3-4,7-10H2,1-2H3,(H2,18,19,21,22,23). The Bertz CT molecular complexity index is 883. The van der Waals surface area contributed by atoms with Crippen molar-refractivity contribution in [2.24, 2.45) is 0 Å². The lowest BCUT2D eigenvalue weighted by atomic mass is 10.3. The maximum atomic E-state index is 12.1. The zero-order valence-corrected chi connectivity index (χ0v) is 16.4. The van der Waals surface area contributed by atoms with Crippen LogP contribution < -0.4 is 15.4 Å². The fraction of sp³-hybridized carbons (Fsp3) is 0.471. The molecule has 1 aliphatic heterocycles. The van der Waals surface area contributed by atoms with Gasteiger partial charge in [-0.2, -0.15) is 12.7 Å². The summed E-state index contributed by atoms with van der Waals surface area (Å²) < 4.78 is 28.4. The molecule has 0 spiro atoms. The van der Waals surface area contributed by atoms with Crippen LogP contribution in [0, 0.1) is 13.8 Å². The van der Waals surface area contributed by atoms with Crippen molar-refractivity contribution in [3.63, 3.8) is 0 Å². The first-order valence-electron chi connectivity index (χ1n) is 8.96. The van der Waals surface area contributed by atoms with E-state index in [1.54, 1.807) is 19.2 Å². The van der Waals surface area contributed by atoms with Crippen LogP contribution in [0.1, 0.15) is 24.2 Å². The number of hydrogen-bond acceptors (Lipinski definition) is 7. The average molecular weight is 392 g/mol. The van der Waals surface area contributed by atoms with Crippen molar-refractivity contribution in [3.8, 4) is 0 Å². The highest BCUT2D eigenvalue weighted by Gasteiger charge is 2.24. The van der Waals surface area contributed by atoms with Crippen LogP contribution >= 0.6 is 0 Å². The first-order valence-corrected chi connectivity index (χ1v) is 10.4. The van der Waals surface area contributed by atoms with Crippen LogP contribution in [0.2, 0.25) is 0 Å². The molecule has 0 bridgehead atoms. The predicted molar refractivity (Wildman–Crippen MR) is 105 cm³/mol. The molecule has 0 radical (unpaired) electrons. The Morgan fingerprint density at radius 2 is 1.78 bits per heavy atom. The molecule has 0 saturated carbocycles. The van der Waals surface area contributed by atoms with Crippen molar-refractivity contribution < 1.29 is 8.42 Å². The topological polar surface area (TPSA) is 112 Å². The summed E-state index contributed by atoms with van der Waals surface area (Å²) in [7, 11) is -3.39. The first kappa shape index (κ1) is 19.5. The van der Waals surface area contributed by atoms with Crippen molar-refractivity contribution >= 4 is 27.7 Å². The minimum absolute atomic E-state index is 0.282. The van der Waals surface area contributed by atoms with E-state index in [9.17, 15) is 8.42 Å². The zero-order valence-electron chi connectivity index (χ0n) is 15.6. The van der Waals surface area contributed by atoms with Gasteiger partial charge >= 0.3 is 0 Å². The summed E-state index contributed by atoms with van der Waals surface area (Å²) in [5, 5.41) is 6.29. The zero-order chi connectivity index (χ0) is 19.3. The molecular weight excluding hydrogens is 366 g/mol. The predicted octanol–water partition coefficient (Wildman–Crippen LogP) is 1.57. The second kappa shape index (κ2) is 8.59. The van der Waals surface area contributed by atoms with E-state index >= 15 is 0 Å². The maximum Gasteiger partial charge on any atom is 0.279 e. The van der Waals surface area contributed by atoms with E-state index < -0.39 is 10.2 Å². The minimum Gasteiger partial charge on any atom is -0.369 e. The van der Waals surface area contributed by atoms with Crippen LogP contribution in [-0.4, -0.2) is 53.9 Å². The highest BCUT2D eigenvalue weighted by Crippen LogP contribution is 2.16. The molecule has 10 heteroatoms. The van der Waals surface area contributed by atoms with E-state index in [1.165, 1.54) is 4.31 Å². The van der Waals surface area contributed by atoms with Gasteiger partial charge in [0.05, 0.1) is 0 Å². The molecular formula is C17H25N7O2S. The third-order valence-electron chi connectivity index (χ3n) is 4.13. The van der Waals surface area contributed by atoms with Gasteiger partial charge in [0.25, 0.3) is 10.2 Å². The lowest BCUT2D eigenvalue weighted by Gasteiger charge is -2.16. The van der Waals surface area contributed by atoms with Crippen molar-refractivity contribution in [3.05, 3.63) is 35.8 Å². The number of anilines is 3. The molecule has 1 saturated heterocycles. The highest BCUT2D eigenvalue weighted by atomic mass is 32.2. The summed E-state index contributed by atoms with van der Waals surface area (Å²) in [4.78, 5) is 13.0. The van der Waals surface area contributed by atoms with Gasteiger partial charge in [0, 0.05) is 38.4 Å². The molecule has 0 atom stereocenters. The Kier molecular flexibility index (Phi) is 6.19. The number of pyridine rings is 1. The Morgan fingerprint density at radius 1 is 1.04 bits per heavy atom. The fourth-order valence-electron chi connectivity index (χ4n) is 2.85. The summed E-state index contributed by atoms with van der Waals surface area (Å²) >= 11 is 0. The molecule has 1 fully saturated rings. The summed E-state index contributed by atoms with van der Waals surface area (Å²) in [6.07, 6.45) is 3.58. The van der Waals surface area contributed by atoms with Crippen LogP contribution in [0.15, 0.2) is 24.4 Å². The van der Waals surface area contributed by atoms with E-state index in [0.29, 0.717) is 42.9 Å². The number of aryl methyl sites for hydroxylation is 2. The van der Waals surface area contributed by atoms with Crippen molar-refractivity contribution in [2.45, 2.75) is 26.7 Å². The molecule has 3 N–H and O–H groups in total. The molecule has 0 amide bonds. The highest BCUT2D eigenvalue weighted by molar-refractivity contribution is 7.87. The van der Waals surface area contributed by atoms with Crippen LogP contribution in [0.3, 0.4) is 0 Å². The average Bonchev–Trinajstić information content (AvgIpc) is 3.14. The Morgan fingerprint density at radius 3 is 2.52 bits per heavy atom. The molecule has 0 unspecified atom stereocenters. The van der Waals surface area contributed by atoms with Crippen molar-refractivity contribution in [1.82, 2.24) is 24.0 Å². The van der Waals surface area contributed by atoms with Gasteiger partial charge in [-0.1, -0.05) is 0 Å². The van der Waals surface area contributed by atoms with E-state index in [-0.39, 0.29) is 6.54 Å². The number of rotatable bonds is 8. The Hall–Kier alpha value is -2.30. The maximum absolute atomic E-state index is 12.1. The minimum atomic E-state index is -3.39. The second-order valence-electron chi connectivity index (χ2n) is 6.46. The monoisotopic (exact) mass is 391 g/mol. The van der Waals surface area contributed by atoms with Crippen LogP contribution in [-0.2, 0) is 10.2 Å². The van der Waals surface area contributed by atoms with Gasteiger partial charge < -0.3 is 10.6 Å². The quantitative estimate of drug-likeness (QED) is 0.586. The molecule has 2 aromatic rings. The van der Waals surface area contributed by atoms with Gasteiger partial charge in [-0.25, -0.2) is 19.7 Å². The van der Waals surface area contributed by atoms with Crippen molar-refractivity contribution in [2.75, 3.05) is 36.8 Å². The molecule has 3 heterocycles. The summed E-state index contributed by atoms with van der Waals surface area (Å²) in [6, 6.07) is 5.62. The Labute approximate surface area is 159 Å². The molecule has 1 aliphatic rings. The third-order valence-corrected chi connectivity index (χ3v) is 5.74. The normalized spacial score (nSPS) is 15.0. The van der Waals surface area contributed by atoms with Gasteiger partial charge in [0.15, 0.2) is 0 Å². The van der Waals surface area contributed by atoms with Gasteiger partial charge in [-0.05, 0) is 44.4 Å². The lowest BCUT2D eigenvalue weighted by Crippen LogP contribution is -2.40. The lowest BCUT2D eigenvalue weighted by molar-refractivity contribution is 0.466. The molecule has 0 aliphatic carbocycles.